The molecule has 0 aliphatic carbocycles. The Labute approximate surface area is 153 Å². The molecule has 0 radical (unpaired) electrons. The summed E-state index contributed by atoms with van der Waals surface area (Å²) < 4.78 is 17.2. The number of Topliss-reactive ketones (excluding diaryl/α,β-unsaturated/α-hetero) is 1. The quantitative estimate of drug-likeness (QED) is 0.550. The van der Waals surface area contributed by atoms with E-state index >= 15 is 0 Å². The number of aromatic amines is 1. The van der Waals surface area contributed by atoms with Crippen LogP contribution in [0.25, 0.3) is 10.9 Å². The Balaban J connectivity index is 1.87. The van der Waals surface area contributed by atoms with Crippen LogP contribution < -0.4 is 0 Å². The fourth-order valence-corrected chi connectivity index (χ4v) is 3.69. The molecule has 0 aliphatic rings. The lowest BCUT2D eigenvalue weighted by Gasteiger charge is -2.14. The number of fused-ring (bicyclic) bond motifs is 1. The minimum Gasteiger partial charge on any atom is -0.451 e. The summed E-state index contributed by atoms with van der Waals surface area (Å²) in [5, 5.41) is 0.799. The van der Waals surface area contributed by atoms with Gasteiger partial charge < -0.3 is 9.72 Å². The number of para-hydroxylation sites is 1. The normalized spacial score (nSPS) is 13.3. The van der Waals surface area contributed by atoms with Crippen LogP contribution in [0.5, 0.6) is 0 Å². The first-order valence-electron chi connectivity index (χ1n) is 8.15. The number of carbonyl (C=O) groups is 2. The Kier molecular flexibility index (Phi) is 5.04. The first-order valence-corrected chi connectivity index (χ1v) is 9.71. The number of hydrogen-bond acceptors (Lipinski definition) is 4. The molecule has 0 spiro atoms. The molecule has 0 bridgehead atoms. The molecule has 2 atom stereocenters. The smallest absolute Gasteiger partial charge is 0.340 e. The maximum absolute atomic E-state index is 12.9. The van der Waals surface area contributed by atoms with Crippen molar-refractivity contribution < 1.29 is 18.5 Å². The van der Waals surface area contributed by atoms with Gasteiger partial charge in [0, 0.05) is 28.4 Å². The highest BCUT2D eigenvalue weighted by Crippen LogP contribution is 2.24. The van der Waals surface area contributed by atoms with Crippen molar-refractivity contribution in [3.63, 3.8) is 0 Å². The molecule has 6 heteroatoms. The van der Waals surface area contributed by atoms with Gasteiger partial charge in [-0.25, -0.2) is 4.79 Å². The van der Waals surface area contributed by atoms with Gasteiger partial charge in [-0.3, -0.25) is 9.00 Å². The lowest BCUT2D eigenvalue weighted by molar-refractivity contribution is 0.0315. The minimum atomic E-state index is -1.33. The molecule has 26 heavy (non-hydrogen) atoms. The average Bonchev–Trinajstić information content (AvgIpc) is 2.96. The van der Waals surface area contributed by atoms with E-state index in [0.717, 1.165) is 16.6 Å². The molecule has 0 aliphatic heterocycles. The maximum atomic E-state index is 12.9. The summed E-state index contributed by atoms with van der Waals surface area (Å²) in [7, 11) is -1.33. The summed E-state index contributed by atoms with van der Waals surface area (Å²) in [6.07, 6.45) is 0.537. The number of aromatic nitrogens is 1. The third-order valence-corrected chi connectivity index (χ3v) is 5.19. The number of hydrogen-bond donors (Lipinski definition) is 1. The van der Waals surface area contributed by atoms with Crippen molar-refractivity contribution >= 4 is 33.5 Å². The molecule has 0 saturated heterocycles. The maximum Gasteiger partial charge on any atom is 0.340 e. The zero-order valence-electron chi connectivity index (χ0n) is 14.7. The summed E-state index contributed by atoms with van der Waals surface area (Å²) in [6.45, 7) is 3.37. The van der Waals surface area contributed by atoms with Gasteiger partial charge in [-0.15, -0.1) is 0 Å². The van der Waals surface area contributed by atoms with Gasteiger partial charge in [-0.05, 0) is 32.0 Å². The summed E-state index contributed by atoms with van der Waals surface area (Å²) in [5.41, 5.74) is 2.32. The lowest BCUT2D eigenvalue weighted by atomic mass is 10.0. The van der Waals surface area contributed by atoms with Crippen molar-refractivity contribution in [3.05, 3.63) is 65.4 Å². The van der Waals surface area contributed by atoms with Gasteiger partial charge >= 0.3 is 5.97 Å². The average molecular weight is 369 g/mol. The number of esters is 1. The molecule has 0 amide bonds. The van der Waals surface area contributed by atoms with E-state index < -0.39 is 22.9 Å². The number of ketones is 1. The monoisotopic (exact) mass is 369 g/mol. The Bertz CT molecular complexity index is 1020. The van der Waals surface area contributed by atoms with Gasteiger partial charge in [0.25, 0.3) is 0 Å². The zero-order chi connectivity index (χ0) is 18.8. The number of ether oxygens (including phenoxy) is 1. The van der Waals surface area contributed by atoms with Crippen molar-refractivity contribution in [1.29, 1.82) is 0 Å². The topological polar surface area (TPSA) is 76.2 Å². The Morgan fingerprint density at radius 3 is 2.46 bits per heavy atom. The van der Waals surface area contributed by atoms with Gasteiger partial charge in [0.1, 0.15) is 0 Å². The fraction of sp³-hybridized carbons (Fsp3) is 0.200. The number of H-pyrrole nitrogens is 1. The molecule has 3 rings (SSSR count). The molecule has 1 N–H and O–H groups in total. The second-order valence-electron chi connectivity index (χ2n) is 6.03. The highest BCUT2D eigenvalue weighted by Gasteiger charge is 2.26. The van der Waals surface area contributed by atoms with Crippen LogP contribution in [0.4, 0.5) is 0 Å². The summed E-state index contributed by atoms with van der Waals surface area (Å²) in [6, 6.07) is 14.0. The minimum absolute atomic E-state index is 0.212. The number of carbonyl (C=O) groups excluding carboxylic acids is 2. The van der Waals surface area contributed by atoms with E-state index in [4.69, 9.17) is 4.74 Å². The van der Waals surface area contributed by atoms with Crippen LogP contribution in [-0.4, -0.2) is 33.3 Å². The van der Waals surface area contributed by atoms with Crippen LogP contribution in [0.15, 0.2) is 53.4 Å². The molecule has 5 nitrogen and oxygen atoms in total. The van der Waals surface area contributed by atoms with E-state index in [1.165, 1.54) is 6.26 Å². The predicted octanol–water partition coefficient (Wildman–Crippen LogP) is 3.64. The summed E-state index contributed by atoms with van der Waals surface area (Å²) in [5.74, 6) is -0.933. The number of aryl methyl sites for hydroxylation is 1. The standard InChI is InChI=1S/C20H19NO4S/c1-12-18(14-8-4-6-10-16(14)21-12)19(22)13(2)25-20(23)15-9-5-7-11-17(15)26(3)24/h4-11,13,21H,1-3H3/t13-,26+/m0/s1. The van der Waals surface area contributed by atoms with E-state index in [-0.39, 0.29) is 11.3 Å². The molecule has 0 unspecified atom stereocenters. The molecule has 2 aromatic carbocycles. The third kappa shape index (κ3) is 3.32. The third-order valence-electron chi connectivity index (χ3n) is 4.21. The van der Waals surface area contributed by atoms with Gasteiger partial charge in [0.15, 0.2) is 6.10 Å². The fourth-order valence-electron chi connectivity index (χ4n) is 2.96. The molecular formula is C20H19NO4S. The highest BCUT2D eigenvalue weighted by atomic mass is 32.2. The number of benzene rings is 2. The van der Waals surface area contributed by atoms with Crippen molar-refractivity contribution in [3.8, 4) is 0 Å². The van der Waals surface area contributed by atoms with Gasteiger partial charge in [0.2, 0.25) is 5.78 Å². The van der Waals surface area contributed by atoms with E-state index in [9.17, 15) is 13.8 Å². The van der Waals surface area contributed by atoms with Crippen molar-refractivity contribution in [1.82, 2.24) is 4.98 Å². The number of rotatable bonds is 5. The largest absolute Gasteiger partial charge is 0.451 e. The summed E-state index contributed by atoms with van der Waals surface area (Å²) >= 11 is 0. The molecule has 3 aromatic rings. The van der Waals surface area contributed by atoms with Gasteiger partial charge in [0.05, 0.1) is 21.3 Å². The zero-order valence-corrected chi connectivity index (χ0v) is 15.6. The van der Waals surface area contributed by atoms with E-state index in [1.54, 1.807) is 31.2 Å². The van der Waals surface area contributed by atoms with Crippen LogP contribution in [0.1, 0.15) is 33.3 Å². The van der Waals surface area contributed by atoms with Crippen LogP contribution in [-0.2, 0) is 15.5 Å². The van der Waals surface area contributed by atoms with Crippen molar-refractivity contribution in [2.24, 2.45) is 0 Å². The van der Waals surface area contributed by atoms with E-state index in [2.05, 4.69) is 4.98 Å². The molecule has 0 fully saturated rings. The van der Waals surface area contributed by atoms with Gasteiger partial charge in [-0.2, -0.15) is 0 Å². The van der Waals surface area contributed by atoms with E-state index in [1.807, 2.05) is 31.2 Å². The van der Waals surface area contributed by atoms with E-state index in [0.29, 0.717) is 10.5 Å². The molecule has 1 aromatic heterocycles. The van der Waals surface area contributed by atoms with Crippen molar-refractivity contribution in [2.45, 2.75) is 24.8 Å². The Hall–Kier alpha value is -2.73. The molecule has 1 heterocycles. The second kappa shape index (κ2) is 7.25. The van der Waals surface area contributed by atoms with Crippen molar-refractivity contribution in [2.75, 3.05) is 6.26 Å². The predicted molar refractivity (Wildman–Crippen MR) is 101 cm³/mol. The first-order chi connectivity index (χ1) is 12.4. The van der Waals surface area contributed by atoms with Crippen LogP contribution >= 0.6 is 0 Å². The number of nitrogens with one attached hydrogen (secondary N) is 1. The summed E-state index contributed by atoms with van der Waals surface area (Å²) in [4.78, 5) is 28.9. The van der Waals surface area contributed by atoms with Crippen LogP contribution in [0, 0.1) is 6.92 Å². The molecule has 0 saturated carbocycles. The second-order valence-corrected chi connectivity index (χ2v) is 7.38. The SMILES string of the molecule is Cc1[nH]c2ccccc2c1C(=O)[C@H](C)OC(=O)c1ccccc1[S@@](C)=O. The molecule has 134 valence electrons. The first kappa shape index (κ1) is 18.1. The Morgan fingerprint density at radius 1 is 1.08 bits per heavy atom. The lowest BCUT2D eigenvalue weighted by Crippen LogP contribution is -2.25. The Morgan fingerprint density at radius 2 is 1.73 bits per heavy atom. The van der Waals surface area contributed by atoms with Gasteiger partial charge in [-0.1, -0.05) is 30.3 Å². The van der Waals surface area contributed by atoms with Crippen LogP contribution in [0.2, 0.25) is 0 Å². The molecular weight excluding hydrogens is 350 g/mol. The van der Waals surface area contributed by atoms with Crippen LogP contribution in [0.3, 0.4) is 0 Å². The highest BCUT2D eigenvalue weighted by molar-refractivity contribution is 7.84.